The van der Waals surface area contributed by atoms with E-state index in [4.69, 9.17) is 29.2 Å². The first-order valence-electron chi connectivity index (χ1n) is 6.09. The van der Waals surface area contributed by atoms with Gasteiger partial charge in [0.15, 0.2) is 0 Å². The Balaban J connectivity index is 3.54. The molecule has 0 rings (SSSR count). The van der Waals surface area contributed by atoms with Gasteiger partial charge in [-0.25, -0.2) is 9.59 Å². The highest BCUT2D eigenvalue weighted by Gasteiger charge is 2.01. The summed E-state index contributed by atoms with van der Waals surface area (Å²) < 4.78 is 19.1. The number of carbonyl (C=O) groups is 2. The van der Waals surface area contributed by atoms with Gasteiger partial charge in [-0.3, -0.25) is 0 Å². The van der Waals surface area contributed by atoms with Gasteiger partial charge in [0.25, 0.3) is 0 Å². The zero-order valence-electron chi connectivity index (χ0n) is 11.2. The van der Waals surface area contributed by atoms with Crippen molar-refractivity contribution >= 4 is 11.9 Å². The van der Waals surface area contributed by atoms with Gasteiger partial charge in [-0.1, -0.05) is 0 Å². The second kappa shape index (κ2) is 13.9. The molecule has 0 radical (unpaired) electrons. The molecule has 0 spiro atoms. The van der Waals surface area contributed by atoms with Crippen LogP contribution in [-0.4, -0.2) is 75.0 Å². The van der Waals surface area contributed by atoms with Crippen molar-refractivity contribution in [1.82, 2.24) is 0 Å². The van der Waals surface area contributed by atoms with Crippen LogP contribution in [0.25, 0.3) is 0 Å². The Morgan fingerprint density at radius 2 is 1.10 bits per heavy atom. The Hall–Kier alpha value is -1.48. The zero-order valence-corrected chi connectivity index (χ0v) is 11.2. The monoisotopic (exact) mass is 292 g/mol. The predicted octanol–water partition coefficient (Wildman–Crippen LogP) is -1.35. The summed E-state index contributed by atoms with van der Waals surface area (Å²) in [5, 5.41) is 16.8. The van der Waals surface area contributed by atoms with E-state index in [1.54, 1.807) is 0 Å². The molecular weight excluding hydrogens is 272 g/mol. The average Bonchev–Trinajstić information content (AvgIpc) is 2.44. The summed E-state index contributed by atoms with van der Waals surface area (Å²) in [6.45, 7) is 0.583. The number of carbonyl (C=O) groups excluding carboxylic acids is 2. The Labute approximate surface area is 116 Å². The van der Waals surface area contributed by atoms with E-state index < -0.39 is 11.9 Å². The van der Waals surface area contributed by atoms with Gasteiger partial charge in [0.2, 0.25) is 0 Å². The van der Waals surface area contributed by atoms with Crippen LogP contribution in [-0.2, 0) is 28.5 Å². The smallest absolute Gasteiger partial charge is 0.331 e. The Kier molecular flexibility index (Phi) is 12.9. The van der Waals surface area contributed by atoms with Crippen LogP contribution in [0.1, 0.15) is 0 Å². The van der Waals surface area contributed by atoms with Crippen LogP contribution in [0.2, 0.25) is 0 Å². The van der Waals surface area contributed by atoms with E-state index in [0.29, 0.717) is 0 Å². The molecule has 0 heterocycles. The molecule has 0 atom stereocenters. The fraction of sp³-hybridized carbons (Fsp3) is 0.667. The van der Waals surface area contributed by atoms with Crippen LogP contribution < -0.4 is 0 Å². The summed E-state index contributed by atoms with van der Waals surface area (Å²) in [6, 6.07) is 0. The quantitative estimate of drug-likeness (QED) is 0.258. The molecule has 8 heteroatoms. The molecule has 0 bridgehead atoms. The highest BCUT2D eigenvalue weighted by Crippen LogP contribution is 1.87. The fourth-order valence-corrected chi connectivity index (χ4v) is 0.968. The maximum Gasteiger partial charge on any atom is 0.331 e. The van der Waals surface area contributed by atoms with Gasteiger partial charge in [-0.2, -0.15) is 0 Å². The van der Waals surface area contributed by atoms with Crippen molar-refractivity contribution in [1.29, 1.82) is 0 Å². The number of hydrogen-bond acceptors (Lipinski definition) is 8. The normalized spacial score (nSPS) is 10.7. The number of aliphatic hydroxyl groups is 2. The molecule has 0 unspecified atom stereocenters. The van der Waals surface area contributed by atoms with E-state index in [1.807, 2.05) is 0 Å². The third-order valence-electron chi connectivity index (χ3n) is 1.77. The van der Waals surface area contributed by atoms with Gasteiger partial charge >= 0.3 is 11.9 Å². The minimum atomic E-state index is -0.689. The lowest BCUT2D eigenvalue weighted by atomic mass is 10.5. The van der Waals surface area contributed by atoms with Gasteiger partial charge < -0.3 is 29.2 Å². The first kappa shape index (κ1) is 18.5. The van der Waals surface area contributed by atoms with Gasteiger partial charge in [-0.15, -0.1) is 0 Å². The maximum absolute atomic E-state index is 11.1. The molecule has 0 aromatic carbocycles. The number of esters is 2. The number of rotatable bonds is 12. The Bertz CT molecular complexity index is 261. The lowest BCUT2D eigenvalue weighted by Crippen LogP contribution is -2.12. The molecule has 0 aromatic heterocycles. The van der Waals surface area contributed by atoms with Crippen molar-refractivity contribution < 1.29 is 38.7 Å². The first-order valence-corrected chi connectivity index (χ1v) is 6.09. The Morgan fingerprint density at radius 3 is 1.45 bits per heavy atom. The molecular formula is C12H20O8. The lowest BCUT2D eigenvalue weighted by Gasteiger charge is -2.03. The van der Waals surface area contributed by atoms with Crippen molar-refractivity contribution in [3.8, 4) is 0 Å². The third-order valence-corrected chi connectivity index (χ3v) is 1.77. The molecule has 0 aromatic rings. The largest absolute Gasteiger partial charge is 0.460 e. The van der Waals surface area contributed by atoms with E-state index >= 15 is 0 Å². The van der Waals surface area contributed by atoms with Crippen molar-refractivity contribution in [2.24, 2.45) is 0 Å². The second-order valence-electron chi connectivity index (χ2n) is 3.34. The van der Waals surface area contributed by atoms with E-state index in [9.17, 15) is 9.59 Å². The molecule has 2 N–H and O–H groups in total. The summed E-state index contributed by atoms with van der Waals surface area (Å²) in [6.07, 6.45) is 1.89. The molecule has 0 saturated carbocycles. The fourth-order valence-electron chi connectivity index (χ4n) is 0.968. The summed E-state index contributed by atoms with van der Waals surface area (Å²) in [5.74, 6) is -1.38. The average molecular weight is 292 g/mol. The second-order valence-corrected chi connectivity index (χ2v) is 3.34. The molecule has 0 aliphatic rings. The van der Waals surface area contributed by atoms with E-state index in [0.717, 1.165) is 12.2 Å². The standard InChI is InChI=1S/C12H20O8/c13-3-5-17-7-9-19-11(15)1-2-12(16)20-10-8-18-6-4-14/h1-2,13-14H,3-10H2. The predicted molar refractivity (Wildman–Crippen MR) is 66.9 cm³/mol. The van der Waals surface area contributed by atoms with Gasteiger partial charge in [0.05, 0.1) is 39.6 Å². The highest BCUT2D eigenvalue weighted by molar-refractivity contribution is 5.91. The lowest BCUT2D eigenvalue weighted by molar-refractivity contribution is -0.142. The summed E-state index contributed by atoms with van der Waals surface area (Å²) in [4.78, 5) is 22.2. The van der Waals surface area contributed by atoms with E-state index in [-0.39, 0.29) is 52.9 Å². The molecule has 0 saturated heterocycles. The summed E-state index contributed by atoms with van der Waals surface area (Å²) in [5.41, 5.74) is 0. The SMILES string of the molecule is O=C(C=CC(=O)OCCOCCO)OCCOCCO. The maximum atomic E-state index is 11.1. The number of ether oxygens (including phenoxy) is 4. The van der Waals surface area contributed by atoms with Crippen molar-refractivity contribution in [3.63, 3.8) is 0 Å². The van der Waals surface area contributed by atoms with Gasteiger partial charge in [0.1, 0.15) is 13.2 Å². The van der Waals surface area contributed by atoms with Gasteiger partial charge in [0, 0.05) is 12.2 Å². The molecule has 116 valence electrons. The van der Waals surface area contributed by atoms with Crippen molar-refractivity contribution in [2.45, 2.75) is 0 Å². The molecule has 0 amide bonds. The number of aliphatic hydroxyl groups excluding tert-OH is 2. The zero-order chi connectivity index (χ0) is 15.1. The van der Waals surface area contributed by atoms with E-state index in [2.05, 4.69) is 0 Å². The molecule has 0 aliphatic heterocycles. The van der Waals surface area contributed by atoms with Crippen LogP contribution >= 0.6 is 0 Å². The minimum Gasteiger partial charge on any atom is -0.460 e. The number of hydrogen-bond donors (Lipinski definition) is 2. The summed E-state index contributed by atoms with van der Waals surface area (Å²) >= 11 is 0. The van der Waals surface area contributed by atoms with Crippen LogP contribution in [0.4, 0.5) is 0 Å². The topological polar surface area (TPSA) is 112 Å². The van der Waals surface area contributed by atoms with Crippen LogP contribution in [0, 0.1) is 0 Å². The van der Waals surface area contributed by atoms with Gasteiger partial charge in [-0.05, 0) is 0 Å². The highest BCUT2D eigenvalue weighted by atomic mass is 16.6. The van der Waals surface area contributed by atoms with Crippen LogP contribution in [0.5, 0.6) is 0 Å². The molecule has 20 heavy (non-hydrogen) atoms. The van der Waals surface area contributed by atoms with Crippen LogP contribution in [0.3, 0.4) is 0 Å². The molecule has 0 fully saturated rings. The molecule has 8 nitrogen and oxygen atoms in total. The third kappa shape index (κ3) is 13.0. The Morgan fingerprint density at radius 1 is 0.700 bits per heavy atom. The van der Waals surface area contributed by atoms with Crippen molar-refractivity contribution in [2.75, 3.05) is 52.9 Å². The molecule has 0 aliphatic carbocycles. The first-order chi connectivity index (χ1) is 9.70. The van der Waals surface area contributed by atoms with Crippen LogP contribution in [0.15, 0.2) is 12.2 Å². The minimum absolute atomic E-state index is 0.0349. The summed E-state index contributed by atoms with van der Waals surface area (Å²) in [7, 11) is 0. The van der Waals surface area contributed by atoms with E-state index in [1.165, 1.54) is 0 Å². The van der Waals surface area contributed by atoms with Crippen molar-refractivity contribution in [3.05, 3.63) is 12.2 Å².